The lowest BCUT2D eigenvalue weighted by atomic mass is 10.1. The second-order valence-corrected chi connectivity index (χ2v) is 6.15. The lowest BCUT2D eigenvalue weighted by molar-refractivity contribution is 0.0730. The minimum absolute atomic E-state index is 0.00930. The predicted octanol–water partition coefficient (Wildman–Crippen LogP) is 3.21. The largest absolute Gasteiger partial charge is 0.373 e. The minimum Gasteiger partial charge on any atom is -0.373 e. The van der Waals surface area contributed by atoms with E-state index in [1.165, 1.54) is 0 Å². The first-order chi connectivity index (χ1) is 11.1. The molecule has 122 valence electrons. The first kappa shape index (κ1) is 15.5. The Morgan fingerprint density at radius 2 is 2.26 bits per heavy atom. The molecule has 0 aromatic carbocycles. The molecule has 1 aliphatic rings. The van der Waals surface area contributed by atoms with Crippen LogP contribution in [0.1, 0.15) is 60.5 Å². The molecule has 0 bridgehead atoms. The fraction of sp³-hybridized carbons (Fsp3) is 0.471. The Labute approximate surface area is 135 Å². The Bertz CT molecular complexity index is 695. The molecule has 2 aromatic rings. The molecule has 0 unspecified atom stereocenters. The van der Waals surface area contributed by atoms with Crippen molar-refractivity contribution in [2.45, 2.75) is 38.6 Å². The summed E-state index contributed by atoms with van der Waals surface area (Å²) in [5, 5.41) is 7.15. The van der Waals surface area contributed by atoms with Gasteiger partial charge in [-0.05, 0) is 25.0 Å². The third-order valence-corrected chi connectivity index (χ3v) is 4.23. The maximum Gasteiger partial charge on any atom is 0.254 e. The van der Waals surface area contributed by atoms with Crippen LogP contribution >= 0.6 is 0 Å². The highest BCUT2D eigenvalue weighted by molar-refractivity contribution is 5.95. The number of nitrogens with one attached hydrogen (secondary N) is 1. The van der Waals surface area contributed by atoms with Crippen LogP contribution in [0.25, 0.3) is 0 Å². The van der Waals surface area contributed by atoms with Crippen molar-refractivity contribution in [2.75, 3.05) is 18.9 Å². The molecule has 0 aliphatic carbocycles. The number of amides is 1. The normalized spacial score (nSPS) is 17.7. The summed E-state index contributed by atoms with van der Waals surface area (Å²) in [7, 11) is 1.79. The number of rotatable bonds is 4. The molecule has 1 N–H and O–H groups in total. The summed E-state index contributed by atoms with van der Waals surface area (Å²) in [6.07, 6.45) is 3.54. The molecule has 3 rings (SSSR count). The van der Waals surface area contributed by atoms with Crippen molar-refractivity contribution in [3.8, 4) is 0 Å². The Balaban J connectivity index is 1.84. The van der Waals surface area contributed by atoms with Crippen LogP contribution in [0, 0.1) is 0 Å². The molecule has 1 aliphatic heterocycles. The van der Waals surface area contributed by atoms with E-state index in [9.17, 15) is 4.79 Å². The number of nitrogens with zero attached hydrogens (tertiary/aromatic N) is 3. The van der Waals surface area contributed by atoms with Gasteiger partial charge in [0.15, 0.2) is 0 Å². The van der Waals surface area contributed by atoms with E-state index < -0.39 is 0 Å². The van der Waals surface area contributed by atoms with Crippen molar-refractivity contribution in [1.82, 2.24) is 15.0 Å². The molecule has 1 amide bonds. The van der Waals surface area contributed by atoms with Gasteiger partial charge in [0.05, 0.1) is 6.04 Å². The zero-order valence-corrected chi connectivity index (χ0v) is 13.7. The van der Waals surface area contributed by atoms with Gasteiger partial charge in [0.1, 0.15) is 17.3 Å². The highest BCUT2D eigenvalue weighted by Crippen LogP contribution is 2.33. The minimum atomic E-state index is -0.00930. The van der Waals surface area contributed by atoms with Gasteiger partial charge in [0, 0.05) is 37.3 Å². The summed E-state index contributed by atoms with van der Waals surface area (Å²) in [5.74, 6) is 1.86. The average Bonchev–Trinajstić information content (AvgIpc) is 3.22. The number of pyridine rings is 1. The molecule has 1 saturated heterocycles. The van der Waals surface area contributed by atoms with Crippen LogP contribution in [0.15, 0.2) is 28.9 Å². The van der Waals surface area contributed by atoms with E-state index in [0.717, 1.165) is 30.8 Å². The molecule has 1 atom stereocenters. The highest BCUT2D eigenvalue weighted by Gasteiger charge is 2.33. The van der Waals surface area contributed by atoms with Gasteiger partial charge in [-0.2, -0.15) is 0 Å². The molecule has 0 radical (unpaired) electrons. The number of aromatic nitrogens is 2. The lowest BCUT2D eigenvalue weighted by Gasteiger charge is -2.23. The number of anilines is 1. The van der Waals surface area contributed by atoms with Crippen molar-refractivity contribution >= 4 is 11.7 Å². The van der Waals surface area contributed by atoms with E-state index in [-0.39, 0.29) is 11.9 Å². The van der Waals surface area contributed by atoms with Crippen LogP contribution in [0.4, 0.5) is 5.82 Å². The summed E-state index contributed by atoms with van der Waals surface area (Å²) in [6, 6.07) is 5.50. The average molecular weight is 314 g/mol. The Morgan fingerprint density at radius 3 is 2.96 bits per heavy atom. The molecular formula is C17H22N4O2. The Hall–Kier alpha value is -2.37. The van der Waals surface area contributed by atoms with Gasteiger partial charge in [-0.1, -0.05) is 19.0 Å². The van der Waals surface area contributed by atoms with Gasteiger partial charge in [-0.25, -0.2) is 4.98 Å². The van der Waals surface area contributed by atoms with E-state index in [1.807, 2.05) is 11.0 Å². The number of likely N-dealkylation sites (tertiary alicyclic amines) is 1. The summed E-state index contributed by atoms with van der Waals surface area (Å²) >= 11 is 0. The fourth-order valence-corrected chi connectivity index (χ4v) is 2.92. The Kier molecular flexibility index (Phi) is 4.32. The van der Waals surface area contributed by atoms with Crippen LogP contribution in [-0.2, 0) is 0 Å². The molecular weight excluding hydrogens is 292 g/mol. The van der Waals surface area contributed by atoms with Gasteiger partial charge in [-0.3, -0.25) is 4.79 Å². The van der Waals surface area contributed by atoms with Gasteiger partial charge < -0.3 is 14.7 Å². The SMILES string of the molecule is CNc1cc(C(=O)N2CCC[C@H]2c2cc(C(C)C)on2)ccn1. The second kappa shape index (κ2) is 6.40. The molecule has 6 nitrogen and oxygen atoms in total. The first-order valence-corrected chi connectivity index (χ1v) is 8.01. The summed E-state index contributed by atoms with van der Waals surface area (Å²) in [6.45, 7) is 4.88. The number of carbonyl (C=O) groups excluding carboxylic acids is 1. The molecule has 2 aromatic heterocycles. The van der Waals surface area contributed by atoms with Crippen LogP contribution in [0.5, 0.6) is 0 Å². The van der Waals surface area contributed by atoms with Crippen LogP contribution < -0.4 is 5.32 Å². The number of carbonyl (C=O) groups is 1. The third-order valence-electron chi connectivity index (χ3n) is 4.23. The van der Waals surface area contributed by atoms with Gasteiger partial charge in [0.2, 0.25) is 0 Å². The third kappa shape index (κ3) is 3.06. The summed E-state index contributed by atoms with van der Waals surface area (Å²) in [4.78, 5) is 18.9. The van der Waals surface area contributed by atoms with Gasteiger partial charge >= 0.3 is 0 Å². The number of hydrogen-bond donors (Lipinski definition) is 1. The standard InChI is InChI=1S/C17H22N4O2/c1-11(2)15-10-13(20-23-15)14-5-4-8-21(14)17(22)12-6-7-19-16(9-12)18-3/h6-7,9-11,14H,4-5,8H2,1-3H3,(H,18,19)/t14-/m0/s1. The molecule has 0 spiro atoms. The zero-order chi connectivity index (χ0) is 16.4. The molecule has 3 heterocycles. The Morgan fingerprint density at radius 1 is 1.43 bits per heavy atom. The summed E-state index contributed by atoms with van der Waals surface area (Å²) < 4.78 is 5.40. The van der Waals surface area contributed by atoms with Crippen LogP contribution in [-0.4, -0.2) is 34.5 Å². The van der Waals surface area contributed by atoms with Crippen molar-refractivity contribution < 1.29 is 9.32 Å². The fourth-order valence-electron chi connectivity index (χ4n) is 2.92. The maximum absolute atomic E-state index is 12.9. The van der Waals surface area contributed by atoms with Gasteiger partial charge in [0.25, 0.3) is 5.91 Å². The quantitative estimate of drug-likeness (QED) is 0.938. The highest BCUT2D eigenvalue weighted by atomic mass is 16.5. The number of hydrogen-bond acceptors (Lipinski definition) is 5. The van der Waals surface area contributed by atoms with Crippen molar-refractivity contribution in [2.24, 2.45) is 0 Å². The lowest BCUT2D eigenvalue weighted by Crippen LogP contribution is -2.30. The van der Waals surface area contributed by atoms with Crippen LogP contribution in [0.3, 0.4) is 0 Å². The molecule has 23 heavy (non-hydrogen) atoms. The second-order valence-electron chi connectivity index (χ2n) is 6.15. The van der Waals surface area contributed by atoms with Crippen molar-refractivity contribution in [3.63, 3.8) is 0 Å². The maximum atomic E-state index is 12.9. The first-order valence-electron chi connectivity index (χ1n) is 8.01. The van der Waals surface area contributed by atoms with E-state index in [4.69, 9.17) is 4.52 Å². The smallest absolute Gasteiger partial charge is 0.254 e. The molecule has 1 fully saturated rings. The van der Waals surface area contributed by atoms with E-state index >= 15 is 0 Å². The van der Waals surface area contributed by atoms with Gasteiger partial charge in [-0.15, -0.1) is 0 Å². The van der Waals surface area contributed by atoms with Crippen molar-refractivity contribution in [1.29, 1.82) is 0 Å². The van der Waals surface area contributed by atoms with E-state index in [0.29, 0.717) is 17.3 Å². The van der Waals surface area contributed by atoms with Crippen molar-refractivity contribution in [3.05, 3.63) is 41.4 Å². The monoisotopic (exact) mass is 314 g/mol. The van der Waals surface area contributed by atoms with E-state index in [1.54, 1.807) is 25.4 Å². The molecule has 0 saturated carbocycles. The van der Waals surface area contributed by atoms with E-state index in [2.05, 4.69) is 29.3 Å². The molecule has 6 heteroatoms. The summed E-state index contributed by atoms with van der Waals surface area (Å²) in [5.41, 5.74) is 1.49. The zero-order valence-electron chi connectivity index (χ0n) is 13.7. The van der Waals surface area contributed by atoms with Crippen LogP contribution in [0.2, 0.25) is 0 Å². The predicted molar refractivity (Wildman–Crippen MR) is 87.4 cm³/mol. The topological polar surface area (TPSA) is 71.3 Å².